The standard InChI is InChI=1S/C20H28N2O5S/c1-14-6-7-17(12-18(14)28(25,26)22-10-4-3-5-11-22)20(24)27-13-19(23)21-15(2)16-8-9-16/h6-7,12,15-16H,3-5,8-11,13H2,1-2H3,(H,21,23)/t15-/m0/s1. The second kappa shape index (κ2) is 8.61. The van der Waals surface area contributed by atoms with Crippen molar-refractivity contribution in [1.29, 1.82) is 0 Å². The topological polar surface area (TPSA) is 92.8 Å². The predicted molar refractivity (Wildman–Crippen MR) is 104 cm³/mol. The van der Waals surface area contributed by atoms with Crippen molar-refractivity contribution in [3.8, 4) is 0 Å². The molecule has 2 aliphatic rings. The predicted octanol–water partition coefficient (Wildman–Crippen LogP) is 2.24. The molecular formula is C20H28N2O5S. The Morgan fingerprint density at radius 2 is 1.89 bits per heavy atom. The fourth-order valence-electron chi connectivity index (χ4n) is 3.47. The highest BCUT2D eigenvalue weighted by atomic mass is 32.2. The number of nitrogens with one attached hydrogen (secondary N) is 1. The van der Waals surface area contributed by atoms with Crippen molar-refractivity contribution in [3.05, 3.63) is 29.3 Å². The van der Waals surface area contributed by atoms with Crippen molar-refractivity contribution < 1.29 is 22.7 Å². The van der Waals surface area contributed by atoms with Gasteiger partial charge in [0.25, 0.3) is 5.91 Å². The Morgan fingerprint density at radius 1 is 1.21 bits per heavy atom. The first-order valence-corrected chi connectivity index (χ1v) is 11.3. The van der Waals surface area contributed by atoms with Gasteiger partial charge in [0, 0.05) is 19.1 Å². The zero-order chi connectivity index (χ0) is 20.3. The molecule has 8 heteroatoms. The van der Waals surface area contributed by atoms with Crippen molar-refractivity contribution in [2.45, 2.75) is 56.9 Å². The highest BCUT2D eigenvalue weighted by Gasteiger charge is 2.30. The van der Waals surface area contributed by atoms with Crippen LogP contribution in [0.3, 0.4) is 0 Å². The van der Waals surface area contributed by atoms with E-state index >= 15 is 0 Å². The van der Waals surface area contributed by atoms with Crippen LogP contribution < -0.4 is 5.32 Å². The van der Waals surface area contributed by atoms with Crippen molar-refractivity contribution in [2.24, 2.45) is 5.92 Å². The Hall–Kier alpha value is -1.93. The van der Waals surface area contributed by atoms with Crippen LogP contribution in [0, 0.1) is 12.8 Å². The summed E-state index contributed by atoms with van der Waals surface area (Å²) >= 11 is 0. The molecule has 0 radical (unpaired) electrons. The molecule has 0 bridgehead atoms. The van der Waals surface area contributed by atoms with Gasteiger partial charge in [0.2, 0.25) is 10.0 Å². The summed E-state index contributed by atoms with van der Waals surface area (Å²) in [7, 11) is -3.65. The van der Waals surface area contributed by atoms with Crippen molar-refractivity contribution in [1.82, 2.24) is 9.62 Å². The number of carbonyl (C=O) groups is 2. The summed E-state index contributed by atoms with van der Waals surface area (Å²) in [5, 5.41) is 2.82. The normalized spacial score (nSPS) is 19.1. The summed E-state index contributed by atoms with van der Waals surface area (Å²) in [6, 6.07) is 4.55. The molecule has 1 aliphatic heterocycles. The number of benzene rings is 1. The van der Waals surface area contributed by atoms with E-state index in [0.29, 0.717) is 24.6 Å². The van der Waals surface area contributed by atoms with Gasteiger partial charge >= 0.3 is 5.97 Å². The number of sulfonamides is 1. The lowest BCUT2D eigenvalue weighted by Crippen LogP contribution is -2.37. The number of rotatable bonds is 7. The van der Waals surface area contributed by atoms with E-state index in [9.17, 15) is 18.0 Å². The number of ether oxygens (including phenoxy) is 1. The lowest BCUT2D eigenvalue weighted by atomic mass is 10.1. The Morgan fingerprint density at radius 3 is 2.54 bits per heavy atom. The summed E-state index contributed by atoms with van der Waals surface area (Å²) in [5.41, 5.74) is 0.711. The van der Waals surface area contributed by atoms with E-state index in [1.165, 1.54) is 16.4 Å². The Balaban J connectivity index is 1.66. The van der Waals surface area contributed by atoms with Crippen LogP contribution in [0.25, 0.3) is 0 Å². The molecule has 1 atom stereocenters. The maximum absolute atomic E-state index is 12.9. The molecule has 1 saturated heterocycles. The largest absolute Gasteiger partial charge is 0.452 e. The molecule has 0 unspecified atom stereocenters. The maximum Gasteiger partial charge on any atom is 0.338 e. The summed E-state index contributed by atoms with van der Waals surface area (Å²) < 4.78 is 32.5. The number of piperidine rings is 1. The number of amides is 1. The average Bonchev–Trinajstić information content (AvgIpc) is 3.52. The number of hydrogen-bond acceptors (Lipinski definition) is 5. The maximum atomic E-state index is 12.9. The Labute approximate surface area is 166 Å². The van der Waals surface area contributed by atoms with E-state index in [2.05, 4.69) is 5.32 Å². The van der Waals surface area contributed by atoms with Crippen molar-refractivity contribution >= 4 is 21.9 Å². The summed E-state index contributed by atoms with van der Waals surface area (Å²) in [5.74, 6) is -0.537. The van der Waals surface area contributed by atoms with Gasteiger partial charge in [-0.1, -0.05) is 12.5 Å². The lowest BCUT2D eigenvalue weighted by Gasteiger charge is -2.26. The molecule has 1 N–H and O–H groups in total. The van der Waals surface area contributed by atoms with E-state index in [4.69, 9.17) is 4.74 Å². The molecule has 3 rings (SSSR count). The van der Waals surface area contributed by atoms with Crippen LogP contribution in [0.5, 0.6) is 0 Å². The quantitative estimate of drug-likeness (QED) is 0.699. The van der Waals surface area contributed by atoms with Gasteiger partial charge in [0.1, 0.15) is 0 Å². The molecule has 1 aliphatic carbocycles. The first kappa shape index (κ1) is 20.8. The average molecular weight is 409 g/mol. The number of esters is 1. The summed E-state index contributed by atoms with van der Waals surface area (Å²) in [6.45, 7) is 4.26. The summed E-state index contributed by atoms with van der Waals surface area (Å²) in [4.78, 5) is 24.4. The van der Waals surface area contributed by atoms with Crippen LogP contribution in [0.2, 0.25) is 0 Å². The van der Waals surface area contributed by atoms with Crippen molar-refractivity contribution in [2.75, 3.05) is 19.7 Å². The molecule has 0 spiro atoms. The van der Waals surface area contributed by atoms with Gasteiger partial charge in [0.05, 0.1) is 10.5 Å². The van der Waals surface area contributed by atoms with Crippen LogP contribution in [-0.2, 0) is 19.6 Å². The zero-order valence-electron chi connectivity index (χ0n) is 16.4. The van der Waals surface area contributed by atoms with E-state index in [1.54, 1.807) is 13.0 Å². The minimum atomic E-state index is -3.65. The third-order valence-electron chi connectivity index (χ3n) is 5.41. The van der Waals surface area contributed by atoms with Crippen LogP contribution >= 0.6 is 0 Å². The lowest BCUT2D eigenvalue weighted by molar-refractivity contribution is -0.124. The molecule has 1 amide bonds. The van der Waals surface area contributed by atoms with Crippen LogP contribution in [0.1, 0.15) is 54.9 Å². The molecule has 2 fully saturated rings. The molecule has 154 valence electrons. The molecule has 28 heavy (non-hydrogen) atoms. The SMILES string of the molecule is Cc1ccc(C(=O)OCC(=O)N[C@@H](C)C2CC2)cc1S(=O)(=O)N1CCCCC1. The third kappa shape index (κ3) is 4.91. The molecule has 1 saturated carbocycles. The zero-order valence-corrected chi connectivity index (χ0v) is 17.3. The second-order valence-electron chi connectivity index (χ2n) is 7.71. The van der Waals surface area contributed by atoms with Crippen LogP contribution in [0.15, 0.2) is 23.1 Å². The smallest absolute Gasteiger partial charge is 0.338 e. The second-order valence-corrected chi connectivity index (χ2v) is 9.62. The first-order valence-electron chi connectivity index (χ1n) is 9.86. The van der Waals surface area contributed by atoms with E-state index in [-0.39, 0.29) is 29.0 Å². The van der Waals surface area contributed by atoms with Gasteiger partial charge in [-0.25, -0.2) is 13.2 Å². The van der Waals surface area contributed by atoms with Crippen LogP contribution in [0.4, 0.5) is 0 Å². The molecule has 0 aromatic heterocycles. The first-order chi connectivity index (χ1) is 13.3. The fourth-order valence-corrected chi connectivity index (χ4v) is 5.24. The van der Waals surface area contributed by atoms with Gasteiger partial charge in [-0.2, -0.15) is 4.31 Å². The van der Waals surface area contributed by atoms with E-state index < -0.39 is 16.0 Å². The minimum Gasteiger partial charge on any atom is -0.452 e. The van der Waals surface area contributed by atoms with Crippen molar-refractivity contribution in [3.63, 3.8) is 0 Å². The molecule has 7 nitrogen and oxygen atoms in total. The fraction of sp³-hybridized carbons (Fsp3) is 0.600. The number of hydrogen-bond donors (Lipinski definition) is 1. The van der Waals surface area contributed by atoms with E-state index in [1.807, 2.05) is 6.92 Å². The third-order valence-corrected chi connectivity index (χ3v) is 7.45. The highest BCUT2D eigenvalue weighted by molar-refractivity contribution is 7.89. The number of nitrogens with zero attached hydrogens (tertiary/aromatic N) is 1. The molecular weight excluding hydrogens is 380 g/mol. The number of carbonyl (C=O) groups excluding carboxylic acids is 2. The van der Waals surface area contributed by atoms with Gasteiger partial charge in [-0.3, -0.25) is 4.79 Å². The van der Waals surface area contributed by atoms with E-state index in [0.717, 1.165) is 32.1 Å². The number of aryl methyl sites for hydroxylation is 1. The Kier molecular flexibility index (Phi) is 6.40. The molecule has 1 aromatic carbocycles. The molecule has 1 heterocycles. The van der Waals surface area contributed by atoms with Gasteiger partial charge < -0.3 is 10.1 Å². The summed E-state index contributed by atoms with van der Waals surface area (Å²) in [6.07, 6.45) is 4.93. The monoisotopic (exact) mass is 408 g/mol. The Bertz CT molecular complexity index is 842. The van der Waals surface area contributed by atoms with Crippen LogP contribution in [-0.4, -0.2) is 50.3 Å². The minimum absolute atomic E-state index is 0.0758. The van der Waals surface area contributed by atoms with Gasteiger partial charge in [-0.05, 0) is 63.1 Å². The molecule has 1 aromatic rings. The van der Waals surface area contributed by atoms with Gasteiger partial charge in [-0.15, -0.1) is 0 Å². The van der Waals surface area contributed by atoms with Gasteiger partial charge in [0.15, 0.2) is 6.61 Å². The highest BCUT2D eigenvalue weighted by Crippen LogP contribution is 2.32.